The number of benzene rings is 1. The lowest BCUT2D eigenvalue weighted by molar-refractivity contribution is 0.0773. The zero-order valence-corrected chi connectivity index (χ0v) is 18.3. The Bertz CT molecular complexity index is 1090. The van der Waals surface area contributed by atoms with Gasteiger partial charge in [-0.1, -0.05) is 21.9 Å². The summed E-state index contributed by atoms with van der Waals surface area (Å²) in [5.74, 6) is 3.24. The van der Waals surface area contributed by atoms with Crippen LogP contribution in [0.2, 0.25) is 0 Å². The van der Waals surface area contributed by atoms with Crippen molar-refractivity contribution in [3.63, 3.8) is 0 Å². The van der Waals surface area contributed by atoms with E-state index in [4.69, 9.17) is 6.42 Å². The predicted molar refractivity (Wildman–Crippen MR) is 124 cm³/mol. The van der Waals surface area contributed by atoms with Gasteiger partial charge in [0, 0.05) is 26.8 Å². The van der Waals surface area contributed by atoms with E-state index in [9.17, 15) is 4.79 Å². The molecule has 3 heterocycles. The van der Waals surface area contributed by atoms with Crippen LogP contribution in [-0.2, 0) is 0 Å². The highest BCUT2D eigenvalue weighted by Crippen LogP contribution is 2.31. The maximum atomic E-state index is 13.0. The van der Waals surface area contributed by atoms with Crippen LogP contribution in [0.5, 0.6) is 0 Å². The average molecular weight is 467 g/mol. The fourth-order valence-electron chi connectivity index (χ4n) is 3.64. The highest BCUT2D eigenvalue weighted by Gasteiger charge is 2.37. The van der Waals surface area contributed by atoms with Gasteiger partial charge < -0.3 is 10.2 Å². The zero-order valence-electron chi connectivity index (χ0n) is 15.9. The second-order valence-electron chi connectivity index (χ2n) is 6.86. The number of nitrogens with one attached hydrogen (secondary N) is 1. The maximum Gasteiger partial charge on any atom is 0.256 e. The molecule has 0 radical (unpaired) electrons. The van der Waals surface area contributed by atoms with Gasteiger partial charge in [0.25, 0.3) is 5.91 Å². The van der Waals surface area contributed by atoms with Crippen molar-refractivity contribution in [1.29, 1.82) is 0 Å². The highest BCUT2D eigenvalue weighted by molar-refractivity contribution is 9.10. The quantitative estimate of drug-likeness (QED) is 0.396. The molecule has 2 aliphatic rings. The van der Waals surface area contributed by atoms with E-state index >= 15 is 0 Å². The van der Waals surface area contributed by atoms with Crippen LogP contribution in [0.1, 0.15) is 39.2 Å². The van der Waals surface area contributed by atoms with Crippen molar-refractivity contribution in [1.82, 2.24) is 4.90 Å². The molecule has 1 N–H and O–H groups in total. The summed E-state index contributed by atoms with van der Waals surface area (Å²) in [6.07, 6.45) is 12.5. The van der Waals surface area contributed by atoms with Crippen LogP contribution < -0.4 is 5.32 Å². The lowest BCUT2D eigenvalue weighted by Crippen LogP contribution is -2.40. The van der Waals surface area contributed by atoms with Crippen molar-refractivity contribution in [2.24, 2.45) is 10.2 Å². The van der Waals surface area contributed by atoms with E-state index in [0.29, 0.717) is 11.4 Å². The van der Waals surface area contributed by atoms with Gasteiger partial charge in [0.05, 0.1) is 23.5 Å². The molecule has 1 fully saturated rings. The third-order valence-corrected chi connectivity index (χ3v) is 6.50. The molecule has 1 aromatic heterocycles. The second kappa shape index (κ2) is 8.36. The Kier molecular flexibility index (Phi) is 5.65. The lowest BCUT2D eigenvalue weighted by Gasteiger charge is -2.21. The van der Waals surface area contributed by atoms with E-state index in [1.807, 2.05) is 41.5 Å². The summed E-state index contributed by atoms with van der Waals surface area (Å²) in [6.45, 7) is 2.78. The monoisotopic (exact) mass is 466 g/mol. The number of carbonyl (C=O) groups is 1. The summed E-state index contributed by atoms with van der Waals surface area (Å²) < 4.78 is 0.876. The summed E-state index contributed by atoms with van der Waals surface area (Å²) in [5, 5.41) is 14.2. The third kappa shape index (κ3) is 3.91. The molecule has 146 valence electrons. The molecule has 1 unspecified atom stereocenters. The second-order valence-corrected chi connectivity index (χ2v) is 8.86. The van der Waals surface area contributed by atoms with Crippen LogP contribution in [-0.4, -0.2) is 35.4 Å². The molecular weight excluding hydrogens is 448 g/mol. The summed E-state index contributed by atoms with van der Waals surface area (Å²) in [7, 11) is 0. The molecule has 5 nitrogen and oxygen atoms in total. The van der Waals surface area contributed by atoms with Gasteiger partial charge in [-0.05, 0) is 55.7 Å². The van der Waals surface area contributed by atoms with E-state index in [1.165, 1.54) is 4.88 Å². The summed E-state index contributed by atoms with van der Waals surface area (Å²) >= 11 is 5.10. The van der Waals surface area contributed by atoms with Crippen LogP contribution in [0, 0.1) is 19.3 Å². The Morgan fingerprint density at radius 2 is 2.31 bits per heavy atom. The molecule has 1 amide bonds. The molecule has 1 atom stereocenters. The van der Waals surface area contributed by atoms with E-state index in [2.05, 4.69) is 37.4 Å². The molecule has 29 heavy (non-hydrogen) atoms. The first-order valence-corrected chi connectivity index (χ1v) is 10.9. The minimum atomic E-state index is -0.0872. The first-order chi connectivity index (χ1) is 14.1. The molecular formula is C22H19BrN4OS. The number of anilines is 1. The number of nitrogens with zero attached hydrogens (tertiary/aromatic N) is 3. The Balaban J connectivity index is 1.67. The average Bonchev–Trinajstić information content (AvgIpc) is 3.31. The molecule has 7 heteroatoms. The van der Waals surface area contributed by atoms with Crippen molar-refractivity contribution in [2.75, 3.05) is 11.9 Å². The summed E-state index contributed by atoms with van der Waals surface area (Å²) in [6, 6.07) is 5.57. The molecule has 2 aliphatic heterocycles. The van der Waals surface area contributed by atoms with Crippen LogP contribution in [0.4, 0.5) is 5.69 Å². The number of aryl methyl sites for hydroxylation is 1. The van der Waals surface area contributed by atoms with Gasteiger partial charge in [-0.25, -0.2) is 0 Å². The number of carbonyl (C=O) groups excluding carboxylic acids is 1. The van der Waals surface area contributed by atoms with Crippen LogP contribution >= 0.6 is 27.3 Å². The molecule has 1 aromatic carbocycles. The predicted octanol–water partition coefficient (Wildman–Crippen LogP) is 4.93. The van der Waals surface area contributed by atoms with Crippen LogP contribution in [0.25, 0.3) is 6.08 Å². The minimum absolute atomic E-state index is 0.0284. The molecule has 2 aromatic rings. The van der Waals surface area contributed by atoms with Gasteiger partial charge in [-0.2, -0.15) is 5.10 Å². The fraction of sp³-hybridized carbons (Fsp3) is 0.227. The Labute approximate surface area is 182 Å². The Morgan fingerprint density at radius 3 is 3.14 bits per heavy atom. The standard InChI is InChI=1S/C22H19BrN4OS/c1-3-4-6-17-14(2)29-13-15(17)12-24-26-21-20-7-5-10-27(20)22(28)18-11-16(23)8-9-19(18)25-21/h1,4,6,8-9,11-13,20H,5,7,10H2,2H3,(H,25,26)/b6-4-,24-12?. The number of amides is 1. The van der Waals surface area contributed by atoms with Gasteiger partial charge in [0.2, 0.25) is 0 Å². The number of amidine groups is 1. The molecule has 0 bridgehead atoms. The number of fused-ring (bicyclic) bond motifs is 2. The number of hydrogen-bond donors (Lipinski definition) is 1. The van der Waals surface area contributed by atoms with Crippen molar-refractivity contribution in [2.45, 2.75) is 25.8 Å². The van der Waals surface area contributed by atoms with Gasteiger partial charge in [-0.15, -0.1) is 22.9 Å². The SMILES string of the molecule is C#C/C=C\c1c(C=N/N=C2/Nc3ccc(Br)cc3C(=O)N3CCCC23)csc1C. The molecule has 4 rings (SSSR count). The molecule has 0 aliphatic carbocycles. The van der Waals surface area contributed by atoms with Crippen molar-refractivity contribution < 1.29 is 4.79 Å². The van der Waals surface area contributed by atoms with Gasteiger partial charge >= 0.3 is 0 Å². The number of terminal acetylenes is 1. The first-order valence-electron chi connectivity index (χ1n) is 9.27. The van der Waals surface area contributed by atoms with Gasteiger partial charge in [0.15, 0.2) is 5.84 Å². The smallest absolute Gasteiger partial charge is 0.256 e. The molecule has 1 saturated heterocycles. The third-order valence-electron chi connectivity index (χ3n) is 5.07. The molecule has 0 saturated carbocycles. The maximum absolute atomic E-state index is 13.0. The molecule has 0 spiro atoms. The number of allylic oxidation sites excluding steroid dienone is 1. The summed E-state index contributed by atoms with van der Waals surface area (Å²) in [4.78, 5) is 16.1. The number of halogens is 1. The largest absolute Gasteiger partial charge is 0.340 e. The number of hydrogen-bond acceptors (Lipinski definition) is 4. The van der Waals surface area contributed by atoms with E-state index in [-0.39, 0.29) is 11.9 Å². The Morgan fingerprint density at radius 1 is 1.45 bits per heavy atom. The zero-order chi connectivity index (χ0) is 20.4. The van der Waals surface area contributed by atoms with E-state index in [1.54, 1.807) is 23.6 Å². The highest BCUT2D eigenvalue weighted by atomic mass is 79.9. The Hall–Kier alpha value is -2.69. The van der Waals surface area contributed by atoms with Crippen LogP contribution in [0.3, 0.4) is 0 Å². The van der Waals surface area contributed by atoms with E-state index < -0.39 is 0 Å². The number of thiophene rings is 1. The lowest BCUT2D eigenvalue weighted by atomic mass is 10.1. The minimum Gasteiger partial charge on any atom is -0.340 e. The normalized spacial score (nSPS) is 20.0. The van der Waals surface area contributed by atoms with E-state index in [0.717, 1.165) is 40.7 Å². The van der Waals surface area contributed by atoms with Gasteiger partial charge in [0.1, 0.15) is 0 Å². The van der Waals surface area contributed by atoms with Crippen molar-refractivity contribution in [3.8, 4) is 12.3 Å². The number of rotatable bonds is 3. The first kappa shape index (κ1) is 19.6. The van der Waals surface area contributed by atoms with Crippen molar-refractivity contribution in [3.05, 3.63) is 55.7 Å². The van der Waals surface area contributed by atoms with Crippen LogP contribution in [0.15, 0.2) is 44.3 Å². The summed E-state index contributed by atoms with van der Waals surface area (Å²) in [5.41, 5.74) is 3.43. The van der Waals surface area contributed by atoms with Gasteiger partial charge in [-0.3, -0.25) is 4.79 Å². The van der Waals surface area contributed by atoms with Crippen molar-refractivity contribution >= 4 is 57.0 Å². The fourth-order valence-corrected chi connectivity index (χ4v) is 4.81. The topological polar surface area (TPSA) is 57.1 Å².